The summed E-state index contributed by atoms with van der Waals surface area (Å²) >= 11 is 11.8. The van der Waals surface area contributed by atoms with Crippen molar-refractivity contribution in [2.75, 3.05) is 6.61 Å². The Morgan fingerprint density at radius 2 is 2.00 bits per heavy atom. The van der Waals surface area contributed by atoms with E-state index in [1.54, 1.807) is 39.0 Å². The van der Waals surface area contributed by atoms with Crippen LogP contribution in [0.5, 0.6) is 0 Å². The second-order valence-corrected chi connectivity index (χ2v) is 6.05. The van der Waals surface area contributed by atoms with Crippen LogP contribution in [0.1, 0.15) is 40.3 Å². The SMILES string of the molecule is Cc1noc(C)c1C(=O)OCC(=O)N[C@H](C)c1ccc(Cl)c(Cl)c1. The number of ether oxygens (including phenoxy) is 1. The van der Waals surface area contributed by atoms with Crippen molar-refractivity contribution in [2.45, 2.75) is 26.8 Å². The maximum absolute atomic E-state index is 12.0. The van der Waals surface area contributed by atoms with Crippen molar-refractivity contribution in [3.05, 3.63) is 50.8 Å². The average molecular weight is 371 g/mol. The van der Waals surface area contributed by atoms with Crippen LogP contribution in [0.2, 0.25) is 10.0 Å². The molecule has 0 unspecified atom stereocenters. The van der Waals surface area contributed by atoms with Gasteiger partial charge in [0.05, 0.1) is 21.8 Å². The number of carbonyl (C=O) groups is 2. The van der Waals surface area contributed by atoms with Gasteiger partial charge in [0.25, 0.3) is 5.91 Å². The molecule has 0 aliphatic heterocycles. The second kappa shape index (κ2) is 7.68. The summed E-state index contributed by atoms with van der Waals surface area (Å²) in [5, 5.41) is 7.22. The van der Waals surface area contributed by atoms with Gasteiger partial charge in [-0.2, -0.15) is 0 Å². The summed E-state index contributed by atoms with van der Waals surface area (Å²) in [4.78, 5) is 23.9. The molecule has 1 N–H and O–H groups in total. The van der Waals surface area contributed by atoms with E-state index in [0.29, 0.717) is 21.5 Å². The number of carbonyl (C=O) groups excluding carboxylic acids is 2. The fourth-order valence-corrected chi connectivity index (χ4v) is 2.43. The smallest absolute Gasteiger partial charge is 0.344 e. The summed E-state index contributed by atoms with van der Waals surface area (Å²) < 4.78 is 9.88. The summed E-state index contributed by atoms with van der Waals surface area (Å²) in [6, 6.07) is 4.77. The first-order valence-electron chi connectivity index (χ1n) is 7.14. The van der Waals surface area contributed by atoms with Crippen LogP contribution in [0.4, 0.5) is 0 Å². The van der Waals surface area contributed by atoms with Crippen molar-refractivity contribution >= 4 is 35.1 Å². The van der Waals surface area contributed by atoms with Gasteiger partial charge in [0.1, 0.15) is 11.3 Å². The molecule has 0 saturated heterocycles. The number of rotatable bonds is 5. The van der Waals surface area contributed by atoms with E-state index in [9.17, 15) is 9.59 Å². The zero-order valence-electron chi connectivity index (χ0n) is 13.4. The minimum atomic E-state index is -0.649. The van der Waals surface area contributed by atoms with Gasteiger partial charge in [-0.3, -0.25) is 4.79 Å². The summed E-state index contributed by atoms with van der Waals surface area (Å²) in [7, 11) is 0. The number of aromatic nitrogens is 1. The molecule has 0 bridgehead atoms. The Morgan fingerprint density at radius 1 is 1.29 bits per heavy atom. The van der Waals surface area contributed by atoms with Crippen molar-refractivity contribution in [1.82, 2.24) is 10.5 Å². The number of nitrogens with zero attached hydrogens (tertiary/aromatic N) is 1. The summed E-state index contributed by atoms with van der Waals surface area (Å²) in [5.41, 5.74) is 1.44. The van der Waals surface area contributed by atoms with Crippen LogP contribution in [0.25, 0.3) is 0 Å². The van der Waals surface area contributed by atoms with Crippen molar-refractivity contribution in [3.63, 3.8) is 0 Å². The lowest BCUT2D eigenvalue weighted by atomic mass is 10.1. The number of benzene rings is 1. The first-order chi connectivity index (χ1) is 11.3. The highest BCUT2D eigenvalue weighted by molar-refractivity contribution is 6.42. The van der Waals surface area contributed by atoms with Gasteiger partial charge in [0.2, 0.25) is 0 Å². The largest absolute Gasteiger partial charge is 0.452 e. The topological polar surface area (TPSA) is 81.4 Å². The molecule has 0 fully saturated rings. The first kappa shape index (κ1) is 18.3. The standard InChI is InChI=1S/C16H16Cl2N2O4/c1-8(11-4-5-12(17)13(18)6-11)19-14(21)7-23-16(22)15-9(2)20-24-10(15)3/h4-6,8H,7H2,1-3H3,(H,19,21)/t8-/m1/s1. The number of nitrogens with one attached hydrogen (secondary N) is 1. The molecule has 1 heterocycles. The lowest BCUT2D eigenvalue weighted by Gasteiger charge is -2.15. The van der Waals surface area contributed by atoms with E-state index in [1.807, 2.05) is 0 Å². The normalized spacial score (nSPS) is 11.9. The Kier molecular flexibility index (Phi) is 5.85. The second-order valence-electron chi connectivity index (χ2n) is 5.24. The van der Waals surface area contributed by atoms with E-state index >= 15 is 0 Å². The van der Waals surface area contributed by atoms with E-state index in [-0.39, 0.29) is 11.6 Å². The monoisotopic (exact) mass is 370 g/mol. The number of amides is 1. The fraction of sp³-hybridized carbons (Fsp3) is 0.312. The Labute approximate surface area is 149 Å². The number of hydrogen-bond donors (Lipinski definition) is 1. The maximum atomic E-state index is 12.0. The van der Waals surface area contributed by atoms with Gasteiger partial charge in [-0.05, 0) is 38.5 Å². The molecule has 6 nitrogen and oxygen atoms in total. The minimum Gasteiger partial charge on any atom is -0.452 e. The van der Waals surface area contributed by atoms with Crippen molar-refractivity contribution < 1.29 is 18.8 Å². The maximum Gasteiger partial charge on any atom is 0.344 e. The predicted molar refractivity (Wildman–Crippen MR) is 89.3 cm³/mol. The molecule has 128 valence electrons. The molecule has 2 aromatic rings. The van der Waals surface area contributed by atoms with E-state index in [4.69, 9.17) is 32.5 Å². The van der Waals surface area contributed by atoms with Gasteiger partial charge in [-0.1, -0.05) is 34.4 Å². The first-order valence-corrected chi connectivity index (χ1v) is 7.89. The van der Waals surface area contributed by atoms with Gasteiger partial charge >= 0.3 is 5.97 Å². The molecule has 0 radical (unpaired) electrons. The number of esters is 1. The average Bonchev–Trinajstić information content (AvgIpc) is 2.86. The molecular formula is C16H16Cl2N2O4. The summed E-state index contributed by atoms with van der Waals surface area (Å²) in [6.07, 6.45) is 0. The van der Waals surface area contributed by atoms with E-state index in [1.165, 1.54) is 0 Å². The Balaban J connectivity index is 1.91. The van der Waals surface area contributed by atoms with Crippen LogP contribution in [-0.2, 0) is 9.53 Å². The molecule has 0 aliphatic rings. The molecule has 24 heavy (non-hydrogen) atoms. The van der Waals surface area contributed by atoms with Crippen LogP contribution in [0.15, 0.2) is 22.7 Å². The van der Waals surface area contributed by atoms with Crippen molar-refractivity contribution in [1.29, 1.82) is 0 Å². The van der Waals surface area contributed by atoms with E-state index in [0.717, 1.165) is 5.56 Å². The van der Waals surface area contributed by atoms with Crippen molar-refractivity contribution in [2.24, 2.45) is 0 Å². The number of hydrogen-bond acceptors (Lipinski definition) is 5. The molecule has 1 aromatic heterocycles. The Hall–Kier alpha value is -2.05. The van der Waals surface area contributed by atoms with Gasteiger partial charge in [0, 0.05) is 0 Å². The fourth-order valence-electron chi connectivity index (χ4n) is 2.13. The van der Waals surface area contributed by atoms with Crippen LogP contribution < -0.4 is 5.32 Å². The number of aryl methyl sites for hydroxylation is 2. The molecule has 0 spiro atoms. The van der Waals surface area contributed by atoms with Crippen LogP contribution in [-0.4, -0.2) is 23.6 Å². The third kappa shape index (κ3) is 4.27. The van der Waals surface area contributed by atoms with E-state index < -0.39 is 18.5 Å². The Bertz CT molecular complexity index is 754. The molecule has 8 heteroatoms. The summed E-state index contributed by atoms with van der Waals surface area (Å²) in [6.45, 7) is 4.60. The minimum absolute atomic E-state index is 0.236. The molecular weight excluding hydrogens is 355 g/mol. The predicted octanol–water partition coefficient (Wildman–Crippen LogP) is 3.63. The zero-order chi connectivity index (χ0) is 17.9. The lowest BCUT2D eigenvalue weighted by Crippen LogP contribution is -2.31. The van der Waals surface area contributed by atoms with Gasteiger partial charge < -0.3 is 14.6 Å². The van der Waals surface area contributed by atoms with Crippen molar-refractivity contribution in [3.8, 4) is 0 Å². The van der Waals surface area contributed by atoms with Gasteiger partial charge in [0.15, 0.2) is 6.61 Å². The quantitative estimate of drug-likeness (QED) is 0.812. The van der Waals surface area contributed by atoms with Crippen LogP contribution in [0, 0.1) is 13.8 Å². The van der Waals surface area contributed by atoms with Gasteiger partial charge in [-0.25, -0.2) is 4.79 Å². The Morgan fingerprint density at radius 3 is 2.58 bits per heavy atom. The molecule has 2 rings (SSSR count). The summed E-state index contributed by atoms with van der Waals surface area (Å²) in [5.74, 6) is -0.737. The molecule has 1 atom stereocenters. The third-order valence-corrected chi connectivity index (χ3v) is 4.13. The van der Waals surface area contributed by atoms with E-state index in [2.05, 4.69) is 10.5 Å². The molecule has 1 amide bonds. The van der Waals surface area contributed by atoms with Gasteiger partial charge in [-0.15, -0.1) is 0 Å². The zero-order valence-corrected chi connectivity index (χ0v) is 14.9. The van der Waals surface area contributed by atoms with Crippen LogP contribution >= 0.6 is 23.2 Å². The highest BCUT2D eigenvalue weighted by Gasteiger charge is 2.20. The molecule has 0 saturated carbocycles. The highest BCUT2D eigenvalue weighted by Crippen LogP contribution is 2.25. The molecule has 0 aliphatic carbocycles. The third-order valence-electron chi connectivity index (χ3n) is 3.39. The van der Waals surface area contributed by atoms with Crippen LogP contribution in [0.3, 0.4) is 0 Å². The lowest BCUT2D eigenvalue weighted by molar-refractivity contribution is -0.124. The number of halogens is 2. The molecule has 1 aromatic carbocycles. The highest BCUT2D eigenvalue weighted by atomic mass is 35.5.